The molecule has 0 spiro atoms. The Morgan fingerprint density at radius 2 is 2.26 bits per heavy atom. The van der Waals surface area contributed by atoms with Crippen molar-refractivity contribution in [3.05, 3.63) is 28.2 Å². The average molecular weight is 327 g/mol. The molecular weight excluding hydrogens is 308 g/mol. The molecule has 1 fully saturated rings. The Balaban J connectivity index is 2.29. The fourth-order valence-electron chi connectivity index (χ4n) is 2.57. The number of aliphatic hydroxyl groups excluding tert-OH is 1. The Morgan fingerprint density at radius 1 is 1.53 bits per heavy atom. The number of nitrogens with two attached hydrogens (primary N) is 1. The van der Waals surface area contributed by atoms with Crippen LogP contribution in [0, 0.1) is 0 Å². The van der Waals surface area contributed by atoms with Gasteiger partial charge in [0.1, 0.15) is 6.04 Å². The highest BCUT2D eigenvalue weighted by molar-refractivity contribution is 9.10. The van der Waals surface area contributed by atoms with E-state index in [1.165, 1.54) is 0 Å². The first-order valence-corrected chi connectivity index (χ1v) is 7.33. The lowest BCUT2D eigenvalue weighted by Crippen LogP contribution is -2.47. The van der Waals surface area contributed by atoms with Gasteiger partial charge in [-0.2, -0.15) is 0 Å². The molecule has 3 N–H and O–H groups in total. The Bertz CT molecular complexity index is 477. The number of amides is 1. The van der Waals surface area contributed by atoms with Gasteiger partial charge in [0, 0.05) is 16.7 Å². The van der Waals surface area contributed by atoms with Crippen LogP contribution < -0.4 is 10.6 Å². The summed E-state index contributed by atoms with van der Waals surface area (Å²) in [6.07, 6.45) is 2.40. The Kier molecular flexibility index (Phi) is 4.47. The summed E-state index contributed by atoms with van der Waals surface area (Å²) in [5.74, 6) is -0.268. The molecule has 0 aromatic heterocycles. The molecule has 19 heavy (non-hydrogen) atoms. The normalized spacial score (nSPS) is 21.2. The van der Waals surface area contributed by atoms with Crippen molar-refractivity contribution in [2.75, 3.05) is 11.4 Å². The second kappa shape index (κ2) is 5.92. The zero-order valence-electron chi connectivity index (χ0n) is 11.0. The van der Waals surface area contributed by atoms with E-state index in [1.807, 2.05) is 18.2 Å². The van der Waals surface area contributed by atoms with Crippen LogP contribution in [0.2, 0.25) is 0 Å². The van der Waals surface area contributed by atoms with Gasteiger partial charge in [0.15, 0.2) is 0 Å². The molecule has 1 aromatic rings. The molecule has 0 saturated carbocycles. The Morgan fingerprint density at radius 3 is 2.84 bits per heavy atom. The van der Waals surface area contributed by atoms with E-state index in [9.17, 15) is 9.90 Å². The van der Waals surface area contributed by atoms with E-state index < -0.39 is 6.10 Å². The van der Waals surface area contributed by atoms with Crippen LogP contribution >= 0.6 is 15.9 Å². The largest absolute Gasteiger partial charge is 0.389 e. The van der Waals surface area contributed by atoms with Gasteiger partial charge in [0.2, 0.25) is 5.91 Å². The molecule has 1 unspecified atom stereocenters. The lowest BCUT2D eigenvalue weighted by atomic mass is 10.00. The second-order valence-electron chi connectivity index (χ2n) is 4.99. The summed E-state index contributed by atoms with van der Waals surface area (Å²) >= 11 is 3.47. The lowest BCUT2D eigenvalue weighted by molar-refractivity contribution is -0.119. The first-order valence-electron chi connectivity index (χ1n) is 6.54. The number of carbonyl (C=O) groups excluding carboxylic acids is 1. The van der Waals surface area contributed by atoms with Gasteiger partial charge in [-0.1, -0.05) is 22.0 Å². The molecule has 1 aliphatic rings. The van der Waals surface area contributed by atoms with Gasteiger partial charge in [-0.05, 0) is 43.9 Å². The van der Waals surface area contributed by atoms with Crippen molar-refractivity contribution in [3.8, 4) is 0 Å². The number of hydrogen-bond donors (Lipinski definition) is 2. The van der Waals surface area contributed by atoms with Crippen molar-refractivity contribution in [1.82, 2.24) is 0 Å². The third kappa shape index (κ3) is 3.09. The minimum atomic E-state index is -0.517. The maximum atomic E-state index is 11.5. The van der Waals surface area contributed by atoms with E-state index in [4.69, 9.17) is 5.73 Å². The highest BCUT2D eigenvalue weighted by atomic mass is 79.9. The van der Waals surface area contributed by atoms with Crippen molar-refractivity contribution in [2.24, 2.45) is 5.73 Å². The first-order chi connectivity index (χ1) is 9.00. The molecule has 1 aromatic carbocycles. The summed E-state index contributed by atoms with van der Waals surface area (Å²) in [6, 6.07) is 5.55. The smallest absolute Gasteiger partial charge is 0.240 e. The molecule has 4 nitrogen and oxygen atoms in total. The zero-order chi connectivity index (χ0) is 14.0. The minimum absolute atomic E-state index is 0.224. The highest BCUT2D eigenvalue weighted by Crippen LogP contribution is 2.31. The number of benzene rings is 1. The topological polar surface area (TPSA) is 66.6 Å². The van der Waals surface area contributed by atoms with E-state index in [0.29, 0.717) is 0 Å². The predicted octanol–water partition coefficient (Wildman–Crippen LogP) is 2.35. The van der Waals surface area contributed by atoms with Gasteiger partial charge in [-0.25, -0.2) is 0 Å². The SMILES string of the molecule is C[C@H](O)c1ccc(N2CCCCC2C(N)=O)cc1Br. The van der Waals surface area contributed by atoms with Gasteiger partial charge in [-0.15, -0.1) is 0 Å². The predicted molar refractivity (Wildman–Crippen MR) is 79.0 cm³/mol. The zero-order valence-corrected chi connectivity index (χ0v) is 12.6. The summed E-state index contributed by atoms with van der Waals surface area (Å²) in [5, 5.41) is 9.63. The van der Waals surface area contributed by atoms with Crippen molar-refractivity contribution in [2.45, 2.75) is 38.3 Å². The molecule has 1 saturated heterocycles. The highest BCUT2D eigenvalue weighted by Gasteiger charge is 2.27. The van der Waals surface area contributed by atoms with E-state index in [-0.39, 0.29) is 11.9 Å². The quantitative estimate of drug-likeness (QED) is 0.895. The van der Waals surface area contributed by atoms with E-state index in [2.05, 4.69) is 20.8 Å². The third-order valence-corrected chi connectivity index (χ3v) is 4.28. The molecular formula is C14H19BrN2O2. The van der Waals surface area contributed by atoms with Crippen molar-refractivity contribution < 1.29 is 9.90 Å². The van der Waals surface area contributed by atoms with Gasteiger partial charge < -0.3 is 15.7 Å². The van der Waals surface area contributed by atoms with Crippen molar-refractivity contribution >= 4 is 27.5 Å². The van der Waals surface area contributed by atoms with Crippen LogP contribution in [0.25, 0.3) is 0 Å². The number of nitrogens with zero attached hydrogens (tertiary/aromatic N) is 1. The Hall–Kier alpha value is -1.07. The van der Waals surface area contributed by atoms with Gasteiger partial charge >= 0.3 is 0 Å². The van der Waals surface area contributed by atoms with Crippen molar-refractivity contribution in [1.29, 1.82) is 0 Å². The second-order valence-corrected chi connectivity index (χ2v) is 5.84. The molecule has 0 bridgehead atoms. The third-order valence-electron chi connectivity index (χ3n) is 3.60. The summed E-state index contributed by atoms with van der Waals surface area (Å²) in [5.41, 5.74) is 7.29. The fourth-order valence-corrected chi connectivity index (χ4v) is 3.27. The molecule has 1 aliphatic heterocycles. The monoisotopic (exact) mass is 326 g/mol. The average Bonchev–Trinajstić information content (AvgIpc) is 2.38. The van der Waals surface area contributed by atoms with E-state index in [0.717, 1.165) is 41.5 Å². The van der Waals surface area contributed by atoms with Crippen LogP contribution in [-0.2, 0) is 4.79 Å². The summed E-state index contributed by atoms with van der Waals surface area (Å²) < 4.78 is 0.855. The first kappa shape index (κ1) is 14.3. The number of rotatable bonds is 3. The molecule has 104 valence electrons. The fraction of sp³-hybridized carbons (Fsp3) is 0.500. The number of piperidine rings is 1. The molecule has 2 rings (SSSR count). The van der Waals surface area contributed by atoms with E-state index >= 15 is 0 Å². The molecule has 1 heterocycles. The summed E-state index contributed by atoms with van der Waals surface area (Å²) in [7, 11) is 0. The molecule has 1 amide bonds. The number of primary amides is 1. The summed E-state index contributed by atoms with van der Waals surface area (Å²) in [6.45, 7) is 2.57. The lowest BCUT2D eigenvalue weighted by Gasteiger charge is -2.35. The Labute approximate surface area is 121 Å². The van der Waals surface area contributed by atoms with Gasteiger partial charge in [0.05, 0.1) is 6.10 Å². The van der Waals surface area contributed by atoms with Crippen molar-refractivity contribution in [3.63, 3.8) is 0 Å². The maximum absolute atomic E-state index is 11.5. The van der Waals surface area contributed by atoms with Crippen LogP contribution in [0.1, 0.15) is 37.9 Å². The molecule has 0 aliphatic carbocycles. The number of anilines is 1. The standard InChI is InChI=1S/C14H19BrN2O2/c1-9(18)11-6-5-10(8-12(11)15)17-7-3-2-4-13(17)14(16)19/h5-6,8-9,13,18H,2-4,7H2,1H3,(H2,16,19)/t9-,13?/m0/s1. The maximum Gasteiger partial charge on any atom is 0.240 e. The van der Waals surface area contributed by atoms with Gasteiger partial charge in [0.25, 0.3) is 0 Å². The van der Waals surface area contributed by atoms with Crippen LogP contribution in [0.4, 0.5) is 5.69 Å². The van der Waals surface area contributed by atoms with Crippen LogP contribution in [0.5, 0.6) is 0 Å². The van der Waals surface area contributed by atoms with Crippen LogP contribution in [-0.4, -0.2) is 23.6 Å². The van der Waals surface area contributed by atoms with Crippen LogP contribution in [0.15, 0.2) is 22.7 Å². The molecule has 5 heteroatoms. The van der Waals surface area contributed by atoms with E-state index in [1.54, 1.807) is 6.92 Å². The molecule has 2 atom stereocenters. The molecule has 0 radical (unpaired) electrons. The number of hydrogen-bond acceptors (Lipinski definition) is 3. The summed E-state index contributed by atoms with van der Waals surface area (Å²) in [4.78, 5) is 13.6. The number of aliphatic hydroxyl groups is 1. The van der Waals surface area contributed by atoms with Gasteiger partial charge in [-0.3, -0.25) is 4.79 Å². The van der Waals surface area contributed by atoms with Crippen LogP contribution in [0.3, 0.4) is 0 Å². The number of halogens is 1. The minimum Gasteiger partial charge on any atom is -0.389 e. The number of carbonyl (C=O) groups is 1.